The molecule has 1 amide bonds. The lowest BCUT2D eigenvalue weighted by Gasteiger charge is -2.19. The number of thiophene rings is 1. The average molecular weight is 254 g/mol. The van der Waals surface area contributed by atoms with Gasteiger partial charge in [-0.2, -0.15) is 9.49 Å². The molecule has 1 fully saturated rings. The van der Waals surface area contributed by atoms with Gasteiger partial charge in [-0.15, -0.1) is 11.3 Å². The Morgan fingerprint density at radius 1 is 1.41 bits per heavy atom. The first-order valence-electron chi connectivity index (χ1n) is 5.84. The van der Waals surface area contributed by atoms with Crippen molar-refractivity contribution >= 4 is 23.5 Å². The molecule has 0 atom stereocenters. The maximum atomic E-state index is 12.7. The van der Waals surface area contributed by atoms with E-state index in [-0.39, 0.29) is 17.0 Å². The molecule has 1 aliphatic carbocycles. The van der Waals surface area contributed by atoms with Crippen molar-refractivity contribution in [2.45, 2.75) is 32.1 Å². The SMILES string of the molecule is O=C(NN=Cc1ccc(F)s1)C1CCCCC1. The standard InChI is InChI=1S/C12H15FN2OS/c13-11-7-6-10(17-11)8-14-15-12(16)9-4-2-1-3-5-9/h6-9H,1-5H2,(H,15,16). The average Bonchev–Trinajstić information content (AvgIpc) is 2.76. The van der Waals surface area contributed by atoms with Gasteiger partial charge in [0, 0.05) is 5.92 Å². The predicted octanol–water partition coefficient (Wildman–Crippen LogP) is 2.92. The zero-order valence-electron chi connectivity index (χ0n) is 9.49. The van der Waals surface area contributed by atoms with Crippen LogP contribution in [0.15, 0.2) is 17.2 Å². The molecule has 1 aromatic rings. The lowest BCUT2D eigenvalue weighted by Crippen LogP contribution is -2.28. The van der Waals surface area contributed by atoms with Crippen LogP contribution in [0.5, 0.6) is 0 Å². The van der Waals surface area contributed by atoms with Gasteiger partial charge in [0.15, 0.2) is 5.13 Å². The number of rotatable bonds is 3. The van der Waals surface area contributed by atoms with Gasteiger partial charge in [0.1, 0.15) is 0 Å². The molecule has 1 aromatic heterocycles. The third-order valence-corrected chi connectivity index (χ3v) is 3.74. The Morgan fingerprint density at radius 2 is 2.18 bits per heavy atom. The van der Waals surface area contributed by atoms with Crippen LogP contribution in [0.3, 0.4) is 0 Å². The van der Waals surface area contributed by atoms with Gasteiger partial charge in [0.2, 0.25) is 5.91 Å². The minimum atomic E-state index is -0.245. The molecule has 0 spiro atoms. The molecule has 0 bridgehead atoms. The van der Waals surface area contributed by atoms with Crippen molar-refractivity contribution in [3.8, 4) is 0 Å². The molecular formula is C12H15FN2OS. The third-order valence-electron chi connectivity index (χ3n) is 2.94. The first kappa shape index (κ1) is 12.2. The van der Waals surface area contributed by atoms with Crippen LogP contribution in [0.1, 0.15) is 37.0 Å². The second-order valence-electron chi connectivity index (χ2n) is 4.21. The Bertz CT molecular complexity index is 410. The van der Waals surface area contributed by atoms with E-state index < -0.39 is 0 Å². The Kier molecular flexibility index (Phi) is 4.25. The number of amides is 1. The number of carbonyl (C=O) groups excluding carboxylic acids is 1. The topological polar surface area (TPSA) is 41.5 Å². The monoisotopic (exact) mass is 254 g/mol. The largest absolute Gasteiger partial charge is 0.273 e. The van der Waals surface area contributed by atoms with Crippen molar-refractivity contribution < 1.29 is 9.18 Å². The summed E-state index contributed by atoms with van der Waals surface area (Å²) < 4.78 is 12.7. The first-order chi connectivity index (χ1) is 8.25. The maximum absolute atomic E-state index is 12.7. The van der Waals surface area contributed by atoms with Crippen molar-refractivity contribution in [2.75, 3.05) is 0 Å². The molecule has 0 unspecified atom stereocenters. The van der Waals surface area contributed by atoms with Crippen molar-refractivity contribution in [2.24, 2.45) is 11.0 Å². The first-order valence-corrected chi connectivity index (χ1v) is 6.65. The van der Waals surface area contributed by atoms with Crippen molar-refractivity contribution in [1.29, 1.82) is 0 Å². The number of hydrogen-bond donors (Lipinski definition) is 1. The van der Waals surface area contributed by atoms with Gasteiger partial charge in [-0.3, -0.25) is 4.79 Å². The van der Waals surface area contributed by atoms with Crippen LogP contribution in [-0.2, 0) is 4.79 Å². The number of nitrogens with zero attached hydrogens (tertiary/aromatic N) is 1. The summed E-state index contributed by atoms with van der Waals surface area (Å²) in [5.74, 6) is 0.0824. The summed E-state index contributed by atoms with van der Waals surface area (Å²) in [6, 6.07) is 3.02. The summed E-state index contributed by atoms with van der Waals surface area (Å²) in [6.45, 7) is 0. The lowest BCUT2D eigenvalue weighted by atomic mass is 9.89. The molecular weight excluding hydrogens is 239 g/mol. The second-order valence-corrected chi connectivity index (χ2v) is 5.28. The number of hydrazone groups is 1. The molecule has 5 heteroatoms. The quantitative estimate of drug-likeness (QED) is 0.654. The van der Waals surface area contributed by atoms with Gasteiger partial charge in [-0.05, 0) is 25.0 Å². The fraction of sp³-hybridized carbons (Fsp3) is 0.500. The van der Waals surface area contributed by atoms with Crippen LogP contribution in [0, 0.1) is 11.0 Å². The van der Waals surface area contributed by atoms with Crippen LogP contribution in [0.25, 0.3) is 0 Å². The van der Waals surface area contributed by atoms with Crippen LogP contribution >= 0.6 is 11.3 Å². The zero-order valence-corrected chi connectivity index (χ0v) is 10.3. The van der Waals surface area contributed by atoms with Gasteiger partial charge < -0.3 is 0 Å². The highest BCUT2D eigenvalue weighted by Gasteiger charge is 2.20. The Hall–Kier alpha value is -1.23. The van der Waals surface area contributed by atoms with E-state index in [2.05, 4.69) is 10.5 Å². The summed E-state index contributed by atoms with van der Waals surface area (Å²) in [4.78, 5) is 12.4. The van der Waals surface area contributed by atoms with E-state index in [9.17, 15) is 9.18 Å². The summed E-state index contributed by atoms with van der Waals surface area (Å²) in [6.07, 6.45) is 6.86. The minimum Gasteiger partial charge on any atom is -0.273 e. The molecule has 1 N–H and O–H groups in total. The minimum absolute atomic E-state index is 0.0158. The van der Waals surface area contributed by atoms with Crippen molar-refractivity contribution in [3.63, 3.8) is 0 Å². The second kappa shape index (κ2) is 5.91. The molecule has 1 heterocycles. The highest BCUT2D eigenvalue weighted by Crippen LogP contribution is 2.23. The van der Waals surface area contributed by atoms with E-state index in [0.717, 1.165) is 37.0 Å². The molecule has 2 rings (SSSR count). The number of carbonyl (C=O) groups is 1. The van der Waals surface area contributed by atoms with Crippen molar-refractivity contribution in [3.05, 3.63) is 22.1 Å². The lowest BCUT2D eigenvalue weighted by molar-refractivity contribution is -0.125. The maximum Gasteiger partial charge on any atom is 0.243 e. The smallest absolute Gasteiger partial charge is 0.243 e. The molecule has 0 aliphatic heterocycles. The molecule has 1 aliphatic rings. The number of hydrogen-bond acceptors (Lipinski definition) is 3. The molecule has 3 nitrogen and oxygen atoms in total. The normalized spacial score (nSPS) is 17.5. The van der Waals surface area contributed by atoms with E-state index >= 15 is 0 Å². The Morgan fingerprint density at radius 3 is 2.82 bits per heavy atom. The summed E-state index contributed by atoms with van der Waals surface area (Å²) >= 11 is 1.01. The van der Waals surface area contributed by atoms with Gasteiger partial charge in [-0.25, -0.2) is 5.43 Å². The van der Waals surface area contributed by atoms with Gasteiger partial charge >= 0.3 is 0 Å². The molecule has 92 valence electrons. The van der Waals surface area contributed by atoms with Crippen LogP contribution < -0.4 is 5.43 Å². The third kappa shape index (κ3) is 3.63. The van der Waals surface area contributed by atoms with Crippen LogP contribution in [0.2, 0.25) is 0 Å². The summed E-state index contributed by atoms with van der Waals surface area (Å²) in [5.41, 5.74) is 2.52. The highest BCUT2D eigenvalue weighted by molar-refractivity contribution is 7.12. The van der Waals surface area contributed by atoms with Crippen LogP contribution in [-0.4, -0.2) is 12.1 Å². The van der Waals surface area contributed by atoms with Crippen LogP contribution in [0.4, 0.5) is 4.39 Å². The number of nitrogens with one attached hydrogen (secondary N) is 1. The van der Waals surface area contributed by atoms with E-state index in [1.54, 1.807) is 6.07 Å². The fourth-order valence-corrected chi connectivity index (χ4v) is 2.62. The molecule has 0 saturated heterocycles. The Labute approximate surface area is 104 Å². The van der Waals surface area contributed by atoms with Crippen molar-refractivity contribution in [1.82, 2.24) is 5.43 Å². The fourth-order valence-electron chi connectivity index (χ4n) is 2.01. The molecule has 0 aromatic carbocycles. The predicted molar refractivity (Wildman–Crippen MR) is 66.6 cm³/mol. The molecule has 0 radical (unpaired) electrons. The molecule has 17 heavy (non-hydrogen) atoms. The van der Waals surface area contributed by atoms with Gasteiger partial charge in [-0.1, -0.05) is 19.3 Å². The van der Waals surface area contributed by atoms with E-state index in [1.807, 2.05) is 0 Å². The Balaban J connectivity index is 1.81. The number of halogens is 1. The van der Waals surface area contributed by atoms with E-state index in [4.69, 9.17) is 0 Å². The van der Waals surface area contributed by atoms with Gasteiger partial charge in [0.25, 0.3) is 0 Å². The molecule has 1 saturated carbocycles. The summed E-state index contributed by atoms with van der Waals surface area (Å²) in [5, 5.41) is 3.60. The summed E-state index contributed by atoms with van der Waals surface area (Å²) in [7, 11) is 0. The van der Waals surface area contributed by atoms with E-state index in [0.29, 0.717) is 4.88 Å². The highest BCUT2D eigenvalue weighted by atomic mass is 32.1. The zero-order chi connectivity index (χ0) is 12.1. The van der Waals surface area contributed by atoms with E-state index in [1.165, 1.54) is 18.7 Å². The van der Waals surface area contributed by atoms with Gasteiger partial charge in [0.05, 0.1) is 11.1 Å².